The van der Waals surface area contributed by atoms with Gasteiger partial charge in [0.1, 0.15) is 0 Å². The molecule has 0 amide bonds. The van der Waals surface area contributed by atoms with Crippen LogP contribution < -0.4 is 0 Å². The number of likely N-dealkylation sites (tertiary alicyclic amines) is 1. The van der Waals surface area contributed by atoms with E-state index in [4.69, 9.17) is 0 Å². The third-order valence-electron chi connectivity index (χ3n) is 3.39. The molecule has 1 heterocycles. The first-order chi connectivity index (χ1) is 8.68. The molecule has 1 atom stereocenters. The normalized spacial score (nSPS) is 21.2. The Morgan fingerprint density at radius 1 is 1.28 bits per heavy atom. The average Bonchev–Trinajstić information content (AvgIpc) is 2.39. The smallest absolute Gasteiger partial charge is 0.291 e. The van der Waals surface area contributed by atoms with E-state index < -0.39 is 18.3 Å². The monoisotopic (exact) mass is 253 g/mol. The fourth-order valence-electron chi connectivity index (χ4n) is 2.47. The van der Waals surface area contributed by atoms with Crippen LogP contribution in [0.3, 0.4) is 0 Å². The topological polar surface area (TPSA) is 20.3 Å². The molecule has 0 aromatic heterocycles. The number of carbonyl (C=O) groups excluding carboxylic acids is 1. The number of carbonyl (C=O) groups is 1. The van der Waals surface area contributed by atoms with Gasteiger partial charge in [-0.3, -0.25) is 9.69 Å². The molecule has 1 unspecified atom stereocenters. The minimum absolute atomic E-state index is 0.552. The highest BCUT2D eigenvalue weighted by Crippen LogP contribution is 2.22. The van der Waals surface area contributed by atoms with Crippen LogP contribution in [0, 0.1) is 0 Å². The fourth-order valence-corrected chi connectivity index (χ4v) is 2.47. The molecule has 0 N–H and O–H groups in total. The van der Waals surface area contributed by atoms with Crippen LogP contribution in [0.25, 0.3) is 0 Å². The molecule has 2 nitrogen and oxygen atoms in total. The Kier molecular flexibility index (Phi) is 4.42. The predicted molar refractivity (Wildman–Crippen MR) is 65.5 cm³/mol. The molecule has 0 spiro atoms. The largest absolute Gasteiger partial charge is 0.297 e. The molecule has 0 saturated carbocycles. The summed E-state index contributed by atoms with van der Waals surface area (Å²) in [6, 6.07) is 9.06. The first-order valence-electron chi connectivity index (χ1n) is 6.28. The Hall–Kier alpha value is -1.29. The number of Topliss-reactive ketones (excluding diaryl/α,β-unsaturated/α-hetero) is 1. The maximum atomic E-state index is 12.5. The minimum atomic E-state index is -2.86. The van der Waals surface area contributed by atoms with E-state index in [1.54, 1.807) is 0 Å². The summed E-state index contributed by atoms with van der Waals surface area (Å²) in [6.45, 7) is 1.29. The molecule has 1 aliphatic rings. The molecular weight excluding hydrogens is 236 g/mol. The van der Waals surface area contributed by atoms with Crippen molar-refractivity contribution in [2.45, 2.75) is 38.3 Å². The first kappa shape index (κ1) is 13.1. The lowest BCUT2D eigenvalue weighted by atomic mass is 9.98. The number of alkyl halides is 2. The second-order valence-corrected chi connectivity index (χ2v) is 4.67. The molecule has 0 bridgehead atoms. The molecule has 18 heavy (non-hydrogen) atoms. The third kappa shape index (κ3) is 3.13. The van der Waals surface area contributed by atoms with E-state index in [-0.39, 0.29) is 0 Å². The Labute approximate surface area is 106 Å². The molecule has 4 heteroatoms. The van der Waals surface area contributed by atoms with E-state index in [2.05, 4.69) is 0 Å². The van der Waals surface area contributed by atoms with Gasteiger partial charge >= 0.3 is 0 Å². The van der Waals surface area contributed by atoms with Gasteiger partial charge in [0.2, 0.25) is 5.78 Å². The molecular formula is C14H17F2NO. The summed E-state index contributed by atoms with van der Waals surface area (Å²) in [4.78, 5) is 13.4. The lowest BCUT2D eigenvalue weighted by Gasteiger charge is -2.34. The van der Waals surface area contributed by atoms with Crippen molar-refractivity contribution in [1.29, 1.82) is 0 Å². The van der Waals surface area contributed by atoms with Crippen LogP contribution in [0.15, 0.2) is 30.3 Å². The highest BCUT2D eigenvalue weighted by atomic mass is 19.3. The van der Waals surface area contributed by atoms with E-state index in [9.17, 15) is 13.6 Å². The van der Waals surface area contributed by atoms with Gasteiger partial charge in [-0.1, -0.05) is 36.8 Å². The molecule has 1 saturated heterocycles. The molecule has 1 fully saturated rings. The van der Waals surface area contributed by atoms with Crippen molar-refractivity contribution in [2.75, 3.05) is 6.54 Å². The van der Waals surface area contributed by atoms with Gasteiger partial charge in [0, 0.05) is 6.54 Å². The van der Waals surface area contributed by atoms with Crippen LogP contribution in [0.2, 0.25) is 0 Å². The zero-order valence-electron chi connectivity index (χ0n) is 10.2. The highest BCUT2D eigenvalue weighted by molar-refractivity contribution is 5.86. The van der Waals surface area contributed by atoms with Crippen molar-refractivity contribution < 1.29 is 13.6 Å². The molecule has 1 aromatic rings. The third-order valence-corrected chi connectivity index (χ3v) is 3.39. The van der Waals surface area contributed by atoms with Crippen LogP contribution in [0.4, 0.5) is 8.78 Å². The molecule has 98 valence electrons. The van der Waals surface area contributed by atoms with Crippen molar-refractivity contribution in [1.82, 2.24) is 4.90 Å². The maximum absolute atomic E-state index is 12.5. The second kappa shape index (κ2) is 6.05. The number of halogens is 2. The standard InChI is InChI=1S/C14H17F2NO/c15-14(16)13(18)12-8-4-5-9-17(12)10-11-6-2-1-3-7-11/h1-3,6-7,12,14H,4-5,8-10H2. The summed E-state index contributed by atoms with van der Waals surface area (Å²) in [7, 11) is 0. The maximum Gasteiger partial charge on any atom is 0.297 e. The van der Waals surface area contributed by atoms with Crippen LogP contribution in [-0.4, -0.2) is 29.7 Å². The Bertz CT molecular complexity index is 394. The Morgan fingerprint density at radius 3 is 2.67 bits per heavy atom. The molecule has 1 aliphatic heterocycles. The summed E-state index contributed by atoms with van der Waals surface area (Å²) in [6.07, 6.45) is -0.476. The minimum Gasteiger partial charge on any atom is -0.291 e. The van der Waals surface area contributed by atoms with Gasteiger partial charge in [-0.05, 0) is 24.9 Å². The number of nitrogens with zero attached hydrogens (tertiary/aromatic N) is 1. The van der Waals surface area contributed by atoms with E-state index in [1.807, 2.05) is 35.2 Å². The Balaban J connectivity index is 2.06. The number of hydrogen-bond acceptors (Lipinski definition) is 2. The quantitative estimate of drug-likeness (QED) is 0.822. The van der Waals surface area contributed by atoms with Crippen LogP contribution >= 0.6 is 0 Å². The van der Waals surface area contributed by atoms with Crippen molar-refractivity contribution in [3.05, 3.63) is 35.9 Å². The van der Waals surface area contributed by atoms with Crippen molar-refractivity contribution in [2.24, 2.45) is 0 Å². The number of hydrogen-bond donors (Lipinski definition) is 0. The van der Waals surface area contributed by atoms with Gasteiger partial charge in [0.15, 0.2) is 0 Å². The van der Waals surface area contributed by atoms with E-state index in [0.29, 0.717) is 13.0 Å². The van der Waals surface area contributed by atoms with Crippen LogP contribution in [0.1, 0.15) is 24.8 Å². The molecule has 2 rings (SSSR count). The lowest BCUT2D eigenvalue weighted by molar-refractivity contribution is -0.136. The zero-order valence-corrected chi connectivity index (χ0v) is 10.2. The fraction of sp³-hybridized carbons (Fsp3) is 0.500. The molecule has 1 aromatic carbocycles. The highest BCUT2D eigenvalue weighted by Gasteiger charge is 2.33. The SMILES string of the molecule is O=C(C(F)F)C1CCCCN1Cc1ccccc1. The van der Waals surface area contributed by atoms with E-state index in [0.717, 1.165) is 24.9 Å². The number of benzene rings is 1. The Morgan fingerprint density at radius 2 is 2.00 bits per heavy atom. The second-order valence-electron chi connectivity index (χ2n) is 4.67. The van der Waals surface area contributed by atoms with E-state index >= 15 is 0 Å². The summed E-state index contributed by atoms with van der Waals surface area (Å²) < 4.78 is 25.1. The summed E-state index contributed by atoms with van der Waals surface area (Å²) in [5.74, 6) is -0.925. The summed E-state index contributed by atoms with van der Waals surface area (Å²) in [5.41, 5.74) is 1.06. The van der Waals surface area contributed by atoms with Gasteiger partial charge < -0.3 is 0 Å². The van der Waals surface area contributed by atoms with Gasteiger partial charge in [0.05, 0.1) is 6.04 Å². The summed E-state index contributed by atoms with van der Waals surface area (Å²) in [5, 5.41) is 0. The molecule has 0 aliphatic carbocycles. The number of piperidine rings is 1. The van der Waals surface area contributed by atoms with Gasteiger partial charge in [-0.15, -0.1) is 0 Å². The van der Waals surface area contributed by atoms with Crippen LogP contribution in [0.5, 0.6) is 0 Å². The van der Waals surface area contributed by atoms with Crippen molar-refractivity contribution >= 4 is 5.78 Å². The first-order valence-corrected chi connectivity index (χ1v) is 6.28. The summed E-state index contributed by atoms with van der Waals surface area (Å²) >= 11 is 0. The van der Waals surface area contributed by atoms with Gasteiger partial charge in [0.25, 0.3) is 6.43 Å². The van der Waals surface area contributed by atoms with Crippen LogP contribution in [-0.2, 0) is 11.3 Å². The predicted octanol–water partition coefficient (Wildman–Crippen LogP) is 2.88. The van der Waals surface area contributed by atoms with Crippen molar-refractivity contribution in [3.63, 3.8) is 0 Å². The number of rotatable bonds is 4. The van der Waals surface area contributed by atoms with Gasteiger partial charge in [-0.2, -0.15) is 0 Å². The van der Waals surface area contributed by atoms with Gasteiger partial charge in [-0.25, -0.2) is 8.78 Å². The lowest BCUT2D eigenvalue weighted by Crippen LogP contribution is -2.46. The molecule has 0 radical (unpaired) electrons. The average molecular weight is 253 g/mol. The zero-order chi connectivity index (χ0) is 13.0. The number of ketones is 1. The van der Waals surface area contributed by atoms with Crippen molar-refractivity contribution in [3.8, 4) is 0 Å². The van der Waals surface area contributed by atoms with E-state index in [1.165, 1.54) is 0 Å².